The number of hydrogen-bond acceptors (Lipinski definition) is 4. The number of unbranched alkanes of at least 4 members (excludes halogenated alkanes) is 1. The van der Waals surface area contributed by atoms with Crippen molar-refractivity contribution < 1.29 is 14.4 Å². The smallest absolute Gasteiger partial charge is 0.285 e. The van der Waals surface area contributed by atoms with Crippen LogP contribution in [0.25, 0.3) is 0 Å². The molecule has 3 rings (SSSR count). The van der Waals surface area contributed by atoms with Crippen LogP contribution in [0, 0.1) is 0 Å². The second-order valence-corrected chi connectivity index (χ2v) is 4.79. The lowest BCUT2D eigenvalue weighted by molar-refractivity contribution is -0.0923. The number of rotatable bonds is 6. The van der Waals surface area contributed by atoms with Crippen LogP contribution in [0.15, 0.2) is 43.0 Å². The maximum atomic E-state index is 12.0. The molecule has 0 saturated heterocycles. The molecule has 0 N–H and O–H groups in total. The molecule has 1 aromatic carbocycles. The Morgan fingerprint density at radius 2 is 1.76 bits per heavy atom. The standard InChI is InChI=1S/C15H15N3O3/c19-14-12-5-1-2-6-13(12)15(20)18(14)21-10-4-3-8-17-9-7-16-11-17/h1-2,5-7,9,11H,3-4,8,10H2. The zero-order valence-corrected chi connectivity index (χ0v) is 11.4. The summed E-state index contributed by atoms with van der Waals surface area (Å²) in [5.74, 6) is -0.768. The van der Waals surface area contributed by atoms with Crippen LogP contribution in [-0.4, -0.2) is 33.0 Å². The van der Waals surface area contributed by atoms with E-state index in [2.05, 4.69) is 4.98 Å². The largest absolute Gasteiger partial charge is 0.337 e. The molecule has 0 bridgehead atoms. The predicted molar refractivity (Wildman–Crippen MR) is 74.4 cm³/mol. The van der Waals surface area contributed by atoms with E-state index >= 15 is 0 Å². The highest BCUT2D eigenvalue weighted by Gasteiger charge is 2.36. The van der Waals surface area contributed by atoms with Crippen LogP contribution in [0.2, 0.25) is 0 Å². The maximum Gasteiger partial charge on any atom is 0.285 e. The second-order valence-electron chi connectivity index (χ2n) is 4.79. The minimum absolute atomic E-state index is 0.333. The molecule has 1 aliphatic rings. The highest BCUT2D eigenvalue weighted by Crippen LogP contribution is 2.22. The van der Waals surface area contributed by atoms with Gasteiger partial charge in [0.1, 0.15) is 0 Å². The first kappa shape index (κ1) is 13.5. The van der Waals surface area contributed by atoms with Gasteiger partial charge in [-0.15, -0.1) is 5.06 Å². The van der Waals surface area contributed by atoms with Gasteiger partial charge >= 0.3 is 0 Å². The van der Waals surface area contributed by atoms with Crippen molar-refractivity contribution in [3.63, 3.8) is 0 Å². The van der Waals surface area contributed by atoms with E-state index in [0.29, 0.717) is 17.7 Å². The van der Waals surface area contributed by atoms with E-state index in [1.54, 1.807) is 36.8 Å². The summed E-state index contributed by atoms with van der Waals surface area (Å²) in [7, 11) is 0. The van der Waals surface area contributed by atoms with Crippen molar-refractivity contribution in [3.05, 3.63) is 54.1 Å². The summed E-state index contributed by atoms with van der Waals surface area (Å²) in [4.78, 5) is 33.4. The Kier molecular flexibility index (Phi) is 3.79. The first-order chi connectivity index (χ1) is 10.3. The third-order valence-electron chi connectivity index (χ3n) is 3.35. The Hall–Kier alpha value is -2.47. The van der Waals surface area contributed by atoms with Crippen molar-refractivity contribution in [2.45, 2.75) is 19.4 Å². The summed E-state index contributed by atoms with van der Waals surface area (Å²) >= 11 is 0. The molecule has 0 aliphatic carbocycles. The molecule has 0 saturated carbocycles. The van der Waals surface area contributed by atoms with Crippen LogP contribution >= 0.6 is 0 Å². The fourth-order valence-electron chi connectivity index (χ4n) is 2.26. The molecular formula is C15H15N3O3. The molecule has 6 heteroatoms. The van der Waals surface area contributed by atoms with Crippen molar-refractivity contribution in [2.24, 2.45) is 0 Å². The number of carbonyl (C=O) groups is 2. The molecular weight excluding hydrogens is 270 g/mol. The molecule has 2 amide bonds. The van der Waals surface area contributed by atoms with Crippen molar-refractivity contribution in [1.82, 2.24) is 14.6 Å². The quantitative estimate of drug-likeness (QED) is 0.600. The molecule has 108 valence electrons. The Labute approximate surface area is 121 Å². The summed E-state index contributed by atoms with van der Waals surface area (Å²) in [6.07, 6.45) is 7.02. The number of benzene rings is 1. The number of nitrogens with zero attached hydrogens (tertiary/aromatic N) is 3. The molecule has 21 heavy (non-hydrogen) atoms. The number of fused-ring (bicyclic) bond motifs is 1. The van der Waals surface area contributed by atoms with Crippen LogP contribution in [-0.2, 0) is 11.4 Å². The molecule has 0 atom stereocenters. The van der Waals surface area contributed by atoms with Gasteiger partial charge in [-0.25, -0.2) is 4.98 Å². The molecule has 0 fully saturated rings. The molecule has 1 aromatic heterocycles. The summed E-state index contributed by atoms with van der Waals surface area (Å²) in [6, 6.07) is 6.74. The lowest BCUT2D eigenvalue weighted by Gasteiger charge is -2.13. The fraction of sp³-hybridized carbons (Fsp3) is 0.267. The van der Waals surface area contributed by atoms with Gasteiger partial charge in [0.05, 0.1) is 24.1 Å². The zero-order chi connectivity index (χ0) is 14.7. The Morgan fingerprint density at radius 3 is 2.38 bits per heavy atom. The van der Waals surface area contributed by atoms with E-state index in [4.69, 9.17) is 4.84 Å². The van der Waals surface area contributed by atoms with Gasteiger partial charge in [-0.2, -0.15) is 0 Å². The maximum absolute atomic E-state index is 12.0. The average molecular weight is 285 g/mol. The summed E-state index contributed by atoms with van der Waals surface area (Å²) in [6.45, 7) is 1.17. The van der Waals surface area contributed by atoms with Crippen LogP contribution in [0.4, 0.5) is 0 Å². The number of hydrogen-bond donors (Lipinski definition) is 0. The van der Waals surface area contributed by atoms with E-state index in [9.17, 15) is 9.59 Å². The van der Waals surface area contributed by atoms with Gasteiger partial charge in [0, 0.05) is 18.9 Å². The lowest BCUT2D eigenvalue weighted by atomic mass is 10.1. The molecule has 0 unspecified atom stereocenters. The van der Waals surface area contributed by atoms with Crippen LogP contribution in [0.3, 0.4) is 0 Å². The van der Waals surface area contributed by atoms with Crippen molar-refractivity contribution in [1.29, 1.82) is 0 Å². The summed E-state index contributed by atoms with van der Waals surface area (Å²) in [5.41, 5.74) is 0.807. The van der Waals surface area contributed by atoms with Gasteiger partial charge < -0.3 is 4.57 Å². The first-order valence-electron chi connectivity index (χ1n) is 6.84. The van der Waals surface area contributed by atoms with E-state index in [1.165, 1.54) is 0 Å². The number of aryl methyl sites for hydroxylation is 1. The van der Waals surface area contributed by atoms with Gasteiger partial charge in [-0.1, -0.05) is 12.1 Å². The molecule has 6 nitrogen and oxygen atoms in total. The number of hydroxylamine groups is 2. The van der Waals surface area contributed by atoms with E-state index < -0.39 is 0 Å². The van der Waals surface area contributed by atoms with Gasteiger partial charge in [0.2, 0.25) is 0 Å². The van der Waals surface area contributed by atoms with Crippen LogP contribution < -0.4 is 0 Å². The normalized spacial score (nSPS) is 13.8. The highest BCUT2D eigenvalue weighted by molar-refractivity contribution is 6.20. The Morgan fingerprint density at radius 1 is 1.05 bits per heavy atom. The van der Waals surface area contributed by atoms with E-state index in [1.807, 2.05) is 10.8 Å². The first-order valence-corrected chi connectivity index (χ1v) is 6.84. The number of imide groups is 1. The number of carbonyl (C=O) groups excluding carboxylic acids is 2. The monoisotopic (exact) mass is 285 g/mol. The van der Waals surface area contributed by atoms with Gasteiger partial charge in [0.25, 0.3) is 11.8 Å². The molecule has 0 spiro atoms. The summed E-state index contributed by atoms with van der Waals surface area (Å²) < 4.78 is 1.97. The summed E-state index contributed by atoms with van der Waals surface area (Å²) in [5, 5.41) is 0.863. The van der Waals surface area contributed by atoms with E-state index in [0.717, 1.165) is 24.4 Å². The van der Waals surface area contributed by atoms with Crippen molar-refractivity contribution >= 4 is 11.8 Å². The number of imidazole rings is 1. The van der Waals surface area contributed by atoms with Crippen molar-refractivity contribution in [2.75, 3.05) is 6.61 Å². The van der Waals surface area contributed by atoms with E-state index in [-0.39, 0.29) is 11.8 Å². The molecule has 2 heterocycles. The molecule has 0 radical (unpaired) electrons. The highest BCUT2D eigenvalue weighted by atomic mass is 16.7. The van der Waals surface area contributed by atoms with Crippen LogP contribution in [0.1, 0.15) is 33.6 Å². The third-order valence-corrected chi connectivity index (χ3v) is 3.35. The fourth-order valence-corrected chi connectivity index (χ4v) is 2.26. The third kappa shape index (κ3) is 2.71. The van der Waals surface area contributed by atoms with Crippen LogP contribution in [0.5, 0.6) is 0 Å². The Balaban J connectivity index is 1.48. The Bertz CT molecular complexity index is 617. The second kappa shape index (κ2) is 5.88. The number of aromatic nitrogens is 2. The molecule has 2 aromatic rings. The van der Waals surface area contributed by atoms with Crippen molar-refractivity contribution in [3.8, 4) is 0 Å². The predicted octanol–water partition coefficient (Wildman–Crippen LogP) is 1.89. The van der Waals surface area contributed by atoms with Gasteiger partial charge in [-0.05, 0) is 25.0 Å². The SMILES string of the molecule is O=C1c2ccccc2C(=O)N1OCCCCn1ccnc1. The topological polar surface area (TPSA) is 64.4 Å². The number of amides is 2. The minimum Gasteiger partial charge on any atom is -0.337 e. The zero-order valence-electron chi connectivity index (χ0n) is 11.4. The minimum atomic E-state index is -0.384. The average Bonchev–Trinajstić information content (AvgIpc) is 3.10. The van der Waals surface area contributed by atoms with Gasteiger partial charge in [0.15, 0.2) is 0 Å². The van der Waals surface area contributed by atoms with Gasteiger partial charge in [-0.3, -0.25) is 14.4 Å². The lowest BCUT2D eigenvalue weighted by Crippen LogP contribution is -2.30. The molecule has 1 aliphatic heterocycles.